The van der Waals surface area contributed by atoms with E-state index in [1.54, 1.807) is 18.3 Å². The minimum Gasteiger partial charge on any atom is -0.349 e. The summed E-state index contributed by atoms with van der Waals surface area (Å²) < 4.78 is 0. The van der Waals surface area contributed by atoms with Gasteiger partial charge in [-0.3, -0.25) is 4.79 Å². The van der Waals surface area contributed by atoms with E-state index in [0.29, 0.717) is 22.6 Å². The van der Waals surface area contributed by atoms with Crippen LogP contribution in [0.15, 0.2) is 18.3 Å². The fourth-order valence-corrected chi connectivity index (χ4v) is 2.76. The first-order valence-corrected chi connectivity index (χ1v) is 6.88. The number of carbonyl (C=O) groups is 1. The molecular formula is C14H19ClN2O. The first-order chi connectivity index (χ1) is 8.58. The van der Waals surface area contributed by atoms with E-state index in [-0.39, 0.29) is 11.9 Å². The maximum Gasteiger partial charge on any atom is 0.251 e. The van der Waals surface area contributed by atoms with Crippen LogP contribution in [0.25, 0.3) is 0 Å². The van der Waals surface area contributed by atoms with Crippen LogP contribution < -0.4 is 5.32 Å². The number of nitrogens with zero attached hydrogens (tertiary/aromatic N) is 1. The number of pyridine rings is 1. The Morgan fingerprint density at radius 3 is 2.94 bits per heavy atom. The average Bonchev–Trinajstić information content (AvgIpc) is 2.35. The summed E-state index contributed by atoms with van der Waals surface area (Å²) in [5, 5.41) is 3.47. The first-order valence-electron chi connectivity index (χ1n) is 6.50. The van der Waals surface area contributed by atoms with Gasteiger partial charge in [-0.25, -0.2) is 4.98 Å². The van der Waals surface area contributed by atoms with Crippen LogP contribution in [0.2, 0.25) is 5.15 Å². The van der Waals surface area contributed by atoms with E-state index < -0.39 is 0 Å². The average molecular weight is 267 g/mol. The molecule has 2 rings (SSSR count). The van der Waals surface area contributed by atoms with Gasteiger partial charge < -0.3 is 5.32 Å². The van der Waals surface area contributed by atoms with Crippen molar-refractivity contribution in [3.05, 3.63) is 29.0 Å². The van der Waals surface area contributed by atoms with Gasteiger partial charge in [0.2, 0.25) is 0 Å². The van der Waals surface area contributed by atoms with Crippen LogP contribution in [0.4, 0.5) is 0 Å². The SMILES string of the molecule is CC1CCCC(NC(=O)c2ccnc(Cl)c2)C1C. The van der Waals surface area contributed by atoms with Gasteiger partial charge >= 0.3 is 0 Å². The fraction of sp³-hybridized carbons (Fsp3) is 0.571. The number of hydrogen-bond donors (Lipinski definition) is 1. The van der Waals surface area contributed by atoms with E-state index in [4.69, 9.17) is 11.6 Å². The molecule has 1 fully saturated rings. The Balaban J connectivity index is 2.03. The van der Waals surface area contributed by atoms with Crippen molar-refractivity contribution in [1.82, 2.24) is 10.3 Å². The Morgan fingerprint density at radius 1 is 1.44 bits per heavy atom. The highest BCUT2D eigenvalue weighted by atomic mass is 35.5. The molecule has 18 heavy (non-hydrogen) atoms. The zero-order chi connectivity index (χ0) is 13.1. The standard InChI is InChI=1S/C14H19ClN2O/c1-9-4-3-5-12(10(9)2)17-14(18)11-6-7-16-13(15)8-11/h6-10,12H,3-5H2,1-2H3,(H,17,18). The number of amides is 1. The molecule has 1 amide bonds. The molecule has 1 heterocycles. The van der Waals surface area contributed by atoms with Gasteiger partial charge in [-0.1, -0.05) is 38.3 Å². The smallest absolute Gasteiger partial charge is 0.251 e. The van der Waals surface area contributed by atoms with E-state index >= 15 is 0 Å². The molecule has 3 unspecified atom stereocenters. The van der Waals surface area contributed by atoms with Crippen LogP contribution in [0.1, 0.15) is 43.5 Å². The van der Waals surface area contributed by atoms with Crippen molar-refractivity contribution >= 4 is 17.5 Å². The molecule has 0 saturated heterocycles. The van der Waals surface area contributed by atoms with Crippen LogP contribution in [-0.2, 0) is 0 Å². The lowest BCUT2D eigenvalue weighted by Crippen LogP contribution is -2.43. The van der Waals surface area contributed by atoms with E-state index in [1.165, 1.54) is 12.8 Å². The molecule has 0 spiro atoms. The van der Waals surface area contributed by atoms with Crippen LogP contribution in [0, 0.1) is 11.8 Å². The van der Waals surface area contributed by atoms with Crippen molar-refractivity contribution in [2.75, 3.05) is 0 Å². The zero-order valence-corrected chi connectivity index (χ0v) is 11.6. The normalized spacial score (nSPS) is 27.8. The van der Waals surface area contributed by atoms with E-state index in [0.717, 1.165) is 6.42 Å². The lowest BCUT2D eigenvalue weighted by atomic mass is 9.78. The maximum absolute atomic E-state index is 12.1. The molecule has 4 heteroatoms. The highest BCUT2D eigenvalue weighted by Gasteiger charge is 2.28. The second kappa shape index (κ2) is 5.70. The molecule has 3 atom stereocenters. The number of hydrogen-bond acceptors (Lipinski definition) is 2. The molecule has 3 nitrogen and oxygen atoms in total. The summed E-state index contributed by atoms with van der Waals surface area (Å²) in [5.41, 5.74) is 0.584. The Bertz CT molecular complexity index is 436. The second-order valence-corrected chi connectivity index (χ2v) is 5.60. The topological polar surface area (TPSA) is 42.0 Å². The Labute approximate surface area is 113 Å². The summed E-state index contributed by atoms with van der Waals surface area (Å²) >= 11 is 5.79. The van der Waals surface area contributed by atoms with Gasteiger partial charge in [-0.15, -0.1) is 0 Å². The Hall–Kier alpha value is -1.09. The molecule has 0 aliphatic heterocycles. The number of aromatic nitrogens is 1. The molecular weight excluding hydrogens is 248 g/mol. The maximum atomic E-state index is 12.1. The van der Waals surface area contributed by atoms with Crippen molar-refractivity contribution in [3.63, 3.8) is 0 Å². The van der Waals surface area contributed by atoms with E-state index in [9.17, 15) is 4.79 Å². The molecule has 1 aliphatic carbocycles. The summed E-state index contributed by atoms with van der Waals surface area (Å²) in [7, 11) is 0. The highest BCUT2D eigenvalue weighted by molar-refractivity contribution is 6.29. The van der Waals surface area contributed by atoms with Gasteiger partial charge in [0.1, 0.15) is 5.15 Å². The van der Waals surface area contributed by atoms with Crippen molar-refractivity contribution < 1.29 is 4.79 Å². The first kappa shape index (κ1) is 13.3. The van der Waals surface area contributed by atoms with Crippen LogP contribution in [-0.4, -0.2) is 16.9 Å². The van der Waals surface area contributed by atoms with Gasteiger partial charge in [0, 0.05) is 17.8 Å². The van der Waals surface area contributed by atoms with Gasteiger partial charge in [0.25, 0.3) is 5.91 Å². The molecule has 1 aromatic rings. The second-order valence-electron chi connectivity index (χ2n) is 5.21. The van der Waals surface area contributed by atoms with Crippen molar-refractivity contribution in [2.45, 2.75) is 39.2 Å². The van der Waals surface area contributed by atoms with E-state index in [2.05, 4.69) is 24.1 Å². The minimum atomic E-state index is -0.0507. The lowest BCUT2D eigenvalue weighted by molar-refractivity contribution is 0.0891. The Kier molecular flexibility index (Phi) is 4.23. The summed E-state index contributed by atoms with van der Waals surface area (Å²) in [6.45, 7) is 4.47. The van der Waals surface area contributed by atoms with Gasteiger partial charge in [-0.2, -0.15) is 0 Å². The number of halogens is 1. The molecule has 0 radical (unpaired) electrons. The molecule has 1 saturated carbocycles. The van der Waals surface area contributed by atoms with Crippen molar-refractivity contribution in [3.8, 4) is 0 Å². The third kappa shape index (κ3) is 3.02. The molecule has 1 aliphatic rings. The minimum absolute atomic E-state index is 0.0507. The molecule has 1 N–H and O–H groups in total. The summed E-state index contributed by atoms with van der Waals surface area (Å²) in [5.74, 6) is 1.15. The third-order valence-corrected chi connectivity index (χ3v) is 4.22. The molecule has 1 aromatic heterocycles. The van der Waals surface area contributed by atoms with Crippen LogP contribution in [0.5, 0.6) is 0 Å². The fourth-order valence-electron chi connectivity index (χ4n) is 2.58. The highest BCUT2D eigenvalue weighted by Crippen LogP contribution is 2.29. The predicted octanol–water partition coefficient (Wildman–Crippen LogP) is 3.29. The largest absolute Gasteiger partial charge is 0.349 e. The van der Waals surface area contributed by atoms with Crippen LogP contribution in [0.3, 0.4) is 0 Å². The number of nitrogens with one attached hydrogen (secondary N) is 1. The monoisotopic (exact) mass is 266 g/mol. The predicted molar refractivity (Wildman–Crippen MR) is 72.7 cm³/mol. The third-order valence-electron chi connectivity index (χ3n) is 4.01. The molecule has 0 bridgehead atoms. The van der Waals surface area contributed by atoms with Gasteiger partial charge in [0.15, 0.2) is 0 Å². The summed E-state index contributed by atoms with van der Waals surface area (Å²) in [6.07, 6.45) is 5.07. The van der Waals surface area contributed by atoms with Crippen molar-refractivity contribution in [1.29, 1.82) is 0 Å². The summed E-state index contributed by atoms with van der Waals surface area (Å²) in [6, 6.07) is 3.57. The Morgan fingerprint density at radius 2 is 2.22 bits per heavy atom. The van der Waals surface area contributed by atoms with Crippen LogP contribution >= 0.6 is 11.6 Å². The molecule has 0 aromatic carbocycles. The van der Waals surface area contributed by atoms with Crippen molar-refractivity contribution in [2.24, 2.45) is 11.8 Å². The van der Waals surface area contributed by atoms with Gasteiger partial charge in [-0.05, 0) is 30.4 Å². The number of rotatable bonds is 2. The quantitative estimate of drug-likeness (QED) is 0.835. The number of carbonyl (C=O) groups excluding carboxylic acids is 1. The van der Waals surface area contributed by atoms with Gasteiger partial charge in [0.05, 0.1) is 0 Å². The van der Waals surface area contributed by atoms with E-state index in [1.807, 2.05) is 0 Å². The zero-order valence-electron chi connectivity index (χ0n) is 10.8. The lowest BCUT2D eigenvalue weighted by Gasteiger charge is -2.34. The molecule has 98 valence electrons. The summed E-state index contributed by atoms with van der Waals surface area (Å²) in [4.78, 5) is 16.0.